The average Bonchev–Trinajstić information content (AvgIpc) is 2.91. The van der Waals surface area contributed by atoms with Gasteiger partial charge in [-0.1, -0.05) is 0 Å². The highest BCUT2D eigenvalue weighted by atomic mass is 16.5. The molecule has 0 bridgehead atoms. The number of carbonyl (C=O) groups is 1. The zero-order valence-corrected chi connectivity index (χ0v) is 13.9. The maximum Gasteiger partial charge on any atom is 0.306 e. The number of methoxy groups -OCH3 is 3. The first-order valence-corrected chi connectivity index (χ1v) is 7.21. The Kier molecular flexibility index (Phi) is 5.18. The molecule has 3 N–H and O–H groups in total. The number of rotatable bonds is 6. The zero-order chi connectivity index (χ0) is 17.9. The van der Waals surface area contributed by atoms with Crippen molar-refractivity contribution in [3.8, 4) is 17.2 Å². The van der Waals surface area contributed by atoms with Crippen LogP contribution in [0.5, 0.6) is 17.2 Å². The van der Waals surface area contributed by atoms with Crippen molar-refractivity contribution in [3.63, 3.8) is 0 Å². The third-order valence-corrected chi connectivity index (χ3v) is 3.86. The van der Waals surface area contributed by atoms with Gasteiger partial charge in [-0.25, -0.2) is 0 Å². The molecular formula is C16H20N2O6. The fraction of sp³-hybridized carbons (Fsp3) is 0.375. The molecule has 8 nitrogen and oxygen atoms in total. The van der Waals surface area contributed by atoms with Crippen LogP contribution in [0.25, 0.3) is 0 Å². The van der Waals surface area contributed by atoms with E-state index in [4.69, 9.17) is 14.2 Å². The van der Waals surface area contributed by atoms with E-state index in [1.165, 1.54) is 21.3 Å². The summed E-state index contributed by atoms with van der Waals surface area (Å²) in [4.78, 5) is 24.0. The maximum absolute atomic E-state index is 12.1. The topological polar surface area (TPSA) is 114 Å². The summed E-state index contributed by atoms with van der Waals surface area (Å²) in [6.45, 7) is 1.73. The average molecular weight is 336 g/mol. The van der Waals surface area contributed by atoms with Gasteiger partial charge in [0.15, 0.2) is 11.5 Å². The first kappa shape index (κ1) is 17.5. The molecule has 2 rings (SSSR count). The van der Waals surface area contributed by atoms with Gasteiger partial charge in [0.25, 0.3) is 5.56 Å². The van der Waals surface area contributed by atoms with Crippen molar-refractivity contribution in [3.05, 3.63) is 39.3 Å². The van der Waals surface area contributed by atoms with Gasteiger partial charge in [0.2, 0.25) is 5.75 Å². The first-order valence-electron chi connectivity index (χ1n) is 7.21. The molecule has 8 heteroatoms. The lowest BCUT2D eigenvalue weighted by molar-refractivity contribution is -0.140. The molecule has 24 heavy (non-hydrogen) atoms. The quantitative estimate of drug-likeness (QED) is 0.688. The van der Waals surface area contributed by atoms with Crippen molar-refractivity contribution in [2.24, 2.45) is 0 Å². The van der Waals surface area contributed by atoms with Gasteiger partial charge >= 0.3 is 5.97 Å². The van der Waals surface area contributed by atoms with Crippen LogP contribution in [0.3, 0.4) is 0 Å². The molecule has 0 aliphatic carbocycles. The van der Waals surface area contributed by atoms with Gasteiger partial charge in [0, 0.05) is 17.2 Å². The van der Waals surface area contributed by atoms with Crippen molar-refractivity contribution >= 4 is 5.97 Å². The summed E-state index contributed by atoms with van der Waals surface area (Å²) in [7, 11) is 4.09. The minimum Gasteiger partial charge on any atom is -0.502 e. The number of aromatic hydroxyl groups is 1. The molecule has 0 unspecified atom stereocenters. The van der Waals surface area contributed by atoms with E-state index in [2.05, 4.69) is 10.2 Å². The fourth-order valence-corrected chi connectivity index (χ4v) is 2.63. The lowest BCUT2D eigenvalue weighted by atomic mass is 9.88. The number of aryl methyl sites for hydroxylation is 1. The number of phenolic OH excluding ortho intramolecular Hbond substituents is 1. The molecular weight excluding hydrogens is 316 g/mol. The number of H-pyrrole nitrogens is 2. The first-order chi connectivity index (χ1) is 11.4. The van der Waals surface area contributed by atoms with Crippen molar-refractivity contribution in [1.29, 1.82) is 0 Å². The van der Waals surface area contributed by atoms with Gasteiger partial charge < -0.3 is 24.4 Å². The van der Waals surface area contributed by atoms with Crippen LogP contribution in [0.2, 0.25) is 0 Å². The van der Waals surface area contributed by atoms with E-state index in [1.807, 2.05) is 0 Å². The van der Waals surface area contributed by atoms with Crippen LogP contribution in [-0.2, 0) is 9.53 Å². The van der Waals surface area contributed by atoms with Crippen LogP contribution in [0.15, 0.2) is 16.9 Å². The van der Waals surface area contributed by atoms with Crippen molar-refractivity contribution in [1.82, 2.24) is 10.2 Å². The molecule has 0 aliphatic rings. The van der Waals surface area contributed by atoms with E-state index in [1.54, 1.807) is 19.1 Å². The highest BCUT2D eigenvalue weighted by molar-refractivity contribution is 5.71. The largest absolute Gasteiger partial charge is 0.502 e. The van der Waals surface area contributed by atoms with Gasteiger partial charge in [-0.15, -0.1) is 0 Å². The minimum absolute atomic E-state index is 0.0463. The molecule has 0 amide bonds. The number of aromatic amines is 2. The van der Waals surface area contributed by atoms with Crippen molar-refractivity contribution in [2.75, 3.05) is 21.3 Å². The second-order valence-corrected chi connectivity index (χ2v) is 5.22. The summed E-state index contributed by atoms with van der Waals surface area (Å²) in [5.74, 6) is -0.838. The molecule has 1 atom stereocenters. The Bertz CT molecular complexity index is 767. The standard InChI is InChI=1S/C16H20N2O6/c1-8-14(16(21)18-17-8)10(7-13(19)24-4)9-5-11(22-2)15(20)12(6-9)23-3/h5-6,10,20H,7H2,1-4H3,(H2,17,18,21)/t10-/m1/s1. The molecule has 0 saturated heterocycles. The summed E-state index contributed by atoms with van der Waals surface area (Å²) in [5.41, 5.74) is 1.28. The smallest absolute Gasteiger partial charge is 0.306 e. The SMILES string of the molecule is COC(=O)C[C@H](c1cc(OC)c(O)c(OC)c1)c1c(C)[nH][nH]c1=O. The van der Waals surface area contributed by atoms with E-state index in [0.717, 1.165) is 0 Å². The van der Waals surface area contributed by atoms with E-state index in [9.17, 15) is 14.7 Å². The van der Waals surface area contributed by atoms with Crippen LogP contribution in [-0.4, -0.2) is 42.6 Å². The highest BCUT2D eigenvalue weighted by Crippen LogP contribution is 2.41. The van der Waals surface area contributed by atoms with Crippen molar-refractivity contribution < 1.29 is 24.1 Å². The van der Waals surface area contributed by atoms with Crippen LogP contribution < -0.4 is 15.0 Å². The molecule has 1 aromatic heterocycles. The molecule has 0 aliphatic heterocycles. The molecule has 1 heterocycles. The van der Waals surface area contributed by atoms with E-state index >= 15 is 0 Å². The summed E-state index contributed by atoms with van der Waals surface area (Å²) in [6.07, 6.45) is -0.0463. The Labute approximate surface area is 138 Å². The van der Waals surface area contributed by atoms with Crippen LogP contribution in [0.1, 0.15) is 29.2 Å². The molecule has 2 aromatic rings. The van der Waals surface area contributed by atoms with Gasteiger partial charge in [0.05, 0.1) is 27.8 Å². The monoisotopic (exact) mass is 336 g/mol. The van der Waals surface area contributed by atoms with Crippen LogP contribution >= 0.6 is 0 Å². The third kappa shape index (κ3) is 3.22. The highest BCUT2D eigenvalue weighted by Gasteiger charge is 2.26. The second kappa shape index (κ2) is 7.12. The lowest BCUT2D eigenvalue weighted by Gasteiger charge is -2.18. The summed E-state index contributed by atoms with van der Waals surface area (Å²) in [5, 5.41) is 15.3. The Morgan fingerprint density at radius 1 is 1.17 bits per heavy atom. The molecule has 0 fully saturated rings. The molecule has 130 valence electrons. The van der Waals surface area contributed by atoms with E-state index in [0.29, 0.717) is 16.8 Å². The Morgan fingerprint density at radius 2 is 1.75 bits per heavy atom. The number of hydrogen-bond acceptors (Lipinski definition) is 6. The fourth-order valence-electron chi connectivity index (χ4n) is 2.63. The molecule has 0 radical (unpaired) electrons. The number of esters is 1. The van der Waals surface area contributed by atoms with Crippen LogP contribution in [0.4, 0.5) is 0 Å². The Hall–Kier alpha value is -2.90. The zero-order valence-electron chi connectivity index (χ0n) is 13.9. The molecule has 0 saturated carbocycles. The molecule has 1 aromatic carbocycles. The number of aromatic nitrogens is 2. The van der Waals surface area contributed by atoms with Crippen molar-refractivity contribution in [2.45, 2.75) is 19.3 Å². The Balaban J connectivity index is 2.64. The Morgan fingerprint density at radius 3 is 2.17 bits per heavy atom. The minimum atomic E-state index is -0.587. The van der Waals surface area contributed by atoms with E-state index < -0.39 is 11.9 Å². The maximum atomic E-state index is 12.1. The van der Waals surface area contributed by atoms with Gasteiger partial charge in [-0.3, -0.25) is 14.7 Å². The normalized spacial score (nSPS) is 11.8. The summed E-state index contributed by atoms with van der Waals surface area (Å²) >= 11 is 0. The van der Waals surface area contributed by atoms with Gasteiger partial charge in [0.1, 0.15) is 0 Å². The molecule has 0 spiro atoms. The number of phenols is 1. The van der Waals surface area contributed by atoms with Gasteiger partial charge in [-0.2, -0.15) is 0 Å². The number of nitrogens with one attached hydrogen (secondary N) is 2. The summed E-state index contributed by atoms with van der Waals surface area (Å²) < 4.78 is 15.0. The number of ether oxygens (including phenoxy) is 3. The van der Waals surface area contributed by atoms with E-state index in [-0.39, 0.29) is 29.2 Å². The summed E-state index contributed by atoms with van der Waals surface area (Å²) in [6, 6.07) is 3.13. The second-order valence-electron chi connectivity index (χ2n) is 5.22. The predicted molar refractivity (Wildman–Crippen MR) is 85.8 cm³/mol. The number of hydrogen-bond donors (Lipinski definition) is 3. The predicted octanol–water partition coefficient (Wildman–Crippen LogP) is 1.43. The number of benzene rings is 1. The lowest BCUT2D eigenvalue weighted by Crippen LogP contribution is -2.17. The third-order valence-electron chi connectivity index (χ3n) is 3.86. The number of carbonyl (C=O) groups excluding carboxylic acids is 1. The van der Waals surface area contributed by atoms with Crippen LogP contribution in [0, 0.1) is 6.92 Å². The van der Waals surface area contributed by atoms with Gasteiger partial charge in [-0.05, 0) is 24.6 Å².